The van der Waals surface area contributed by atoms with Crippen molar-refractivity contribution in [2.75, 3.05) is 26.0 Å². The van der Waals surface area contributed by atoms with Gasteiger partial charge >= 0.3 is 0 Å². The first kappa shape index (κ1) is 27.8. The quantitative estimate of drug-likeness (QED) is 0.298. The van der Waals surface area contributed by atoms with E-state index in [9.17, 15) is 9.59 Å². The molecule has 2 heterocycles. The number of aldehydes is 1. The van der Waals surface area contributed by atoms with Crippen molar-refractivity contribution in [3.63, 3.8) is 0 Å². The number of anilines is 1. The van der Waals surface area contributed by atoms with Gasteiger partial charge in [0.25, 0.3) is 0 Å². The van der Waals surface area contributed by atoms with Gasteiger partial charge in [0.2, 0.25) is 5.91 Å². The summed E-state index contributed by atoms with van der Waals surface area (Å²) in [6, 6.07) is 9.86. The number of aryl methyl sites for hydroxylation is 2. The molecule has 0 bridgehead atoms. The summed E-state index contributed by atoms with van der Waals surface area (Å²) >= 11 is 0. The molecule has 3 N–H and O–H groups in total. The third-order valence-corrected chi connectivity index (χ3v) is 5.86. The van der Waals surface area contributed by atoms with Gasteiger partial charge < -0.3 is 25.2 Å². The first-order valence-electron chi connectivity index (χ1n) is 12.2. The van der Waals surface area contributed by atoms with Crippen LogP contribution in [0.3, 0.4) is 0 Å². The second-order valence-corrected chi connectivity index (χ2v) is 8.21. The van der Waals surface area contributed by atoms with E-state index in [-0.39, 0.29) is 11.8 Å². The number of fused-ring (bicyclic) bond motifs is 1. The highest BCUT2D eigenvalue weighted by Crippen LogP contribution is 2.26. The van der Waals surface area contributed by atoms with Crippen LogP contribution in [0.5, 0.6) is 0 Å². The van der Waals surface area contributed by atoms with E-state index in [0.29, 0.717) is 32.4 Å². The minimum atomic E-state index is -0.127. The van der Waals surface area contributed by atoms with E-state index in [1.807, 2.05) is 58.2 Å². The van der Waals surface area contributed by atoms with Crippen LogP contribution in [0.15, 0.2) is 47.0 Å². The number of para-hydroxylation sites is 1. The highest BCUT2D eigenvalue weighted by atomic mass is 16.3. The molecule has 0 radical (unpaired) electrons. The average molecular weight is 479 g/mol. The summed E-state index contributed by atoms with van der Waals surface area (Å²) in [5.41, 5.74) is 9.29. The summed E-state index contributed by atoms with van der Waals surface area (Å²) in [6.07, 6.45) is 8.09. The van der Waals surface area contributed by atoms with E-state index in [1.165, 1.54) is 0 Å². The summed E-state index contributed by atoms with van der Waals surface area (Å²) in [7, 11) is 3.57. The fourth-order valence-corrected chi connectivity index (χ4v) is 3.83. The second kappa shape index (κ2) is 14.1. The Bertz CT molecular complexity index is 1140. The minimum absolute atomic E-state index is 0.0594. The van der Waals surface area contributed by atoms with Crippen LogP contribution in [0, 0.1) is 12.8 Å². The molecule has 1 unspecified atom stereocenters. The van der Waals surface area contributed by atoms with Gasteiger partial charge in [-0.3, -0.25) is 4.79 Å². The van der Waals surface area contributed by atoms with Crippen LogP contribution in [0.4, 0.5) is 5.82 Å². The predicted molar refractivity (Wildman–Crippen MR) is 143 cm³/mol. The Morgan fingerprint density at radius 2 is 2.00 bits per heavy atom. The van der Waals surface area contributed by atoms with Gasteiger partial charge in [-0.25, -0.2) is 4.98 Å². The molecule has 0 spiro atoms. The lowest BCUT2D eigenvalue weighted by atomic mass is 9.97. The van der Waals surface area contributed by atoms with Crippen LogP contribution in [0.1, 0.15) is 49.1 Å². The van der Waals surface area contributed by atoms with Gasteiger partial charge in [-0.05, 0) is 62.1 Å². The number of rotatable bonds is 11. The van der Waals surface area contributed by atoms with Gasteiger partial charge in [-0.1, -0.05) is 32.0 Å². The highest BCUT2D eigenvalue weighted by molar-refractivity contribution is 5.91. The van der Waals surface area contributed by atoms with Crippen LogP contribution < -0.4 is 11.1 Å². The van der Waals surface area contributed by atoms with Crippen LogP contribution in [0.25, 0.3) is 17.0 Å². The summed E-state index contributed by atoms with van der Waals surface area (Å²) in [5.74, 6) is 1.37. The molecule has 3 aromatic rings. The number of aromatic nitrogens is 1. The van der Waals surface area contributed by atoms with Crippen molar-refractivity contribution in [1.82, 2.24) is 9.88 Å². The molecule has 7 heteroatoms. The van der Waals surface area contributed by atoms with Crippen molar-refractivity contribution < 1.29 is 14.0 Å². The van der Waals surface area contributed by atoms with E-state index in [4.69, 9.17) is 10.2 Å². The Morgan fingerprint density at radius 3 is 2.66 bits per heavy atom. The maximum atomic E-state index is 12.7. The van der Waals surface area contributed by atoms with E-state index in [0.717, 1.165) is 45.5 Å². The van der Waals surface area contributed by atoms with Gasteiger partial charge in [-0.15, -0.1) is 0 Å². The normalized spacial score (nSPS) is 11.7. The van der Waals surface area contributed by atoms with Gasteiger partial charge in [0.05, 0.1) is 6.54 Å². The molecule has 3 rings (SSSR count). The van der Waals surface area contributed by atoms with Crippen LogP contribution >= 0.6 is 0 Å². The molecule has 0 aliphatic heterocycles. The van der Waals surface area contributed by atoms with Crippen LogP contribution in [0.2, 0.25) is 0 Å². The summed E-state index contributed by atoms with van der Waals surface area (Å²) in [4.78, 5) is 30.0. The topological polar surface area (TPSA) is 101 Å². The third-order valence-electron chi connectivity index (χ3n) is 5.86. The van der Waals surface area contributed by atoms with E-state index in [1.54, 1.807) is 30.3 Å². The second-order valence-electron chi connectivity index (χ2n) is 8.21. The largest absolute Gasteiger partial charge is 0.459 e. The Kier molecular flexibility index (Phi) is 11.2. The van der Waals surface area contributed by atoms with Crippen LogP contribution in [-0.4, -0.2) is 42.7 Å². The zero-order valence-electron chi connectivity index (χ0n) is 21.5. The number of likely N-dealkylation sites (N-methyl/N-ethyl adjacent to an activating group) is 1. The number of benzene rings is 1. The molecule has 35 heavy (non-hydrogen) atoms. The number of carbonyl (C=O) groups is 2. The molecule has 0 fully saturated rings. The van der Waals surface area contributed by atoms with Crippen molar-refractivity contribution in [3.05, 3.63) is 65.1 Å². The fraction of sp³-hybridized carbons (Fsp3) is 0.393. The predicted octanol–water partition coefficient (Wildman–Crippen LogP) is 4.97. The number of amides is 1. The van der Waals surface area contributed by atoms with E-state index < -0.39 is 0 Å². The van der Waals surface area contributed by atoms with Gasteiger partial charge in [0, 0.05) is 43.2 Å². The number of hydrogen-bond acceptors (Lipinski definition) is 6. The van der Waals surface area contributed by atoms with Crippen molar-refractivity contribution in [2.24, 2.45) is 11.7 Å². The molecule has 0 saturated heterocycles. The maximum absolute atomic E-state index is 12.7. The fourth-order valence-electron chi connectivity index (χ4n) is 3.83. The van der Waals surface area contributed by atoms with Gasteiger partial charge in [0.15, 0.2) is 0 Å². The molecular weight excluding hydrogens is 440 g/mol. The first-order chi connectivity index (χ1) is 17.0. The molecule has 0 saturated carbocycles. The number of nitrogens with zero attached hydrogens (tertiary/aromatic N) is 2. The molecule has 1 atom stereocenters. The molecule has 7 nitrogen and oxygen atoms in total. The Morgan fingerprint density at radius 1 is 1.26 bits per heavy atom. The molecule has 188 valence electrons. The van der Waals surface area contributed by atoms with E-state index >= 15 is 0 Å². The Balaban J connectivity index is 0.00000210. The maximum Gasteiger partial charge on any atom is 0.246 e. The van der Waals surface area contributed by atoms with Crippen molar-refractivity contribution in [3.8, 4) is 0 Å². The van der Waals surface area contributed by atoms with Gasteiger partial charge in [0.1, 0.15) is 23.4 Å². The number of nitrogens with one attached hydrogen (secondary N) is 1. The lowest BCUT2D eigenvalue weighted by Crippen LogP contribution is -2.24. The number of carbonyl (C=O) groups excluding carboxylic acids is 2. The van der Waals surface area contributed by atoms with Crippen molar-refractivity contribution >= 4 is 35.1 Å². The molecule has 0 aliphatic carbocycles. The van der Waals surface area contributed by atoms with E-state index in [2.05, 4.69) is 10.3 Å². The van der Waals surface area contributed by atoms with Crippen molar-refractivity contribution in [2.45, 2.75) is 46.6 Å². The SMILES string of the molecule is CC.CNc1ncc(/C=C/C(=O)N(C)Cc2oc3ccccc3c2C)cc1CCC(C=O)CCN. The number of hydrogen-bond donors (Lipinski definition) is 2. The smallest absolute Gasteiger partial charge is 0.246 e. The minimum Gasteiger partial charge on any atom is -0.459 e. The standard InChI is InChI=1S/C26H32N4O3.C2H6/c1-18-22-6-4-5-7-23(22)33-24(18)16-30(3)25(32)11-9-20-14-21(26(28-2)29-15-20)10-8-19(17-31)12-13-27;1-2/h4-7,9,11,14-15,17,19H,8,10,12-13,16,27H2,1-3H3,(H,28,29);1-2H3/b11-9+;. The Labute approximate surface area is 208 Å². The average Bonchev–Trinajstić information content (AvgIpc) is 3.21. The lowest BCUT2D eigenvalue weighted by molar-refractivity contribution is -0.125. The molecule has 1 amide bonds. The molecule has 1 aromatic carbocycles. The number of pyridine rings is 1. The first-order valence-corrected chi connectivity index (χ1v) is 12.2. The van der Waals surface area contributed by atoms with Gasteiger partial charge in [-0.2, -0.15) is 0 Å². The summed E-state index contributed by atoms with van der Waals surface area (Å²) < 4.78 is 5.93. The monoisotopic (exact) mass is 478 g/mol. The van der Waals surface area contributed by atoms with Crippen molar-refractivity contribution in [1.29, 1.82) is 0 Å². The zero-order valence-corrected chi connectivity index (χ0v) is 21.5. The Hall–Kier alpha value is -3.45. The molecule has 0 aliphatic rings. The third kappa shape index (κ3) is 7.52. The number of furan rings is 1. The summed E-state index contributed by atoms with van der Waals surface area (Å²) in [5, 5.41) is 4.15. The molecule has 2 aromatic heterocycles. The lowest BCUT2D eigenvalue weighted by Gasteiger charge is -2.14. The summed E-state index contributed by atoms with van der Waals surface area (Å²) in [6.45, 7) is 6.89. The highest BCUT2D eigenvalue weighted by Gasteiger charge is 2.14. The molecular formula is C28H38N4O3. The zero-order chi connectivity index (χ0) is 25.8. The van der Waals surface area contributed by atoms with Crippen LogP contribution in [-0.2, 0) is 22.6 Å². The number of nitrogens with two attached hydrogens (primary N) is 1.